The highest BCUT2D eigenvalue weighted by atomic mass is 28.4. The van der Waals surface area contributed by atoms with Gasteiger partial charge in [0.2, 0.25) is 0 Å². The van der Waals surface area contributed by atoms with Gasteiger partial charge in [0.25, 0.3) is 0 Å². The summed E-state index contributed by atoms with van der Waals surface area (Å²) in [6, 6.07) is 10.4. The molecule has 0 radical (unpaired) electrons. The standard InChI is InChI=1S/C17H28OSi/c1-17(2,3)19(4,5)18-15-11-7-10-14-16-12-8-6-9-13-16/h6,8-10,12-14H,7,11,15H2,1-5H3. The van der Waals surface area contributed by atoms with Gasteiger partial charge in [-0.3, -0.25) is 0 Å². The van der Waals surface area contributed by atoms with Gasteiger partial charge in [0.15, 0.2) is 8.32 Å². The Morgan fingerprint density at radius 3 is 2.32 bits per heavy atom. The van der Waals surface area contributed by atoms with Crippen LogP contribution in [0, 0.1) is 0 Å². The van der Waals surface area contributed by atoms with E-state index >= 15 is 0 Å². The minimum Gasteiger partial charge on any atom is -0.417 e. The third kappa shape index (κ3) is 5.75. The van der Waals surface area contributed by atoms with Crippen LogP contribution in [0.1, 0.15) is 39.2 Å². The minimum absolute atomic E-state index is 0.312. The lowest BCUT2D eigenvalue weighted by molar-refractivity contribution is 0.283. The topological polar surface area (TPSA) is 9.23 Å². The first-order valence-corrected chi connectivity index (χ1v) is 10.1. The number of hydrogen-bond donors (Lipinski definition) is 0. The summed E-state index contributed by atoms with van der Waals surface area (Å²) < 4.78 is 6.15. The van der Waals surface area contributed by atoms with Crippen LogP contribution < -0.4 is 0 Å². The second-order valence-corrected chi connectivity index (χ2v) is 11.4. The van der Waals surface area contributed by atoms with E-state index in [9.17, 15) is 0 Å². The van der Waals surface area contributed by atoms with Crippen LogP contribution in [0.4, 0.5) is 0 Å². The molecule has 106 valence electrons. The summed E-state index contributed by atoms with van der Waals surface area (Å²) in [5.41, 5.74) is 1.27. The monoisotopic (exact) mass is 276 g/mol. The van der Waals surface area contributed by atoms with E-state index in [2.05, 4.69) is 70.3 Å². The van der Waals surface area contributed by atoms with E-state index in [1.165, 1.54) is 5.56 Å². The molecular formula is C17H28OSi. The number of hydrogen-bond acceptors (Lipinski definition) is 1. The summed E-state index contributed by atoms with van der Waals surface area (Å²) in [5, 5.41) is 0.312. The van der Waals surface area contributed by atoms with Crippen molar-refractivity contribution in [2.45, 2.75) is 51.7 Å². The van der Waals surface area contributed by atoms with Gasteiger partial charge in [-0.15, -0.1) is 0 Å². The summed E-state index contributed by atoms with van der Waals surface area (Å²) >= 11 is 0. The van der Waals surface area contributed by atoms with Crippen LogP contribution in [-0.4, -0.2) is 14.9 Å². The molecular weight excluding hydrogens is 248 g/mol. The molecule has 0 bridgehead atoms. The molecule has 1 rings (SSSR count). The molecule has 0 aliphatic rings. The zero-order valence-corrected chi connectivity index (χ0v) is 14.1. The van der Waals surface area contributed by atoms with E-state index in [1.54, 1.807) is 0 Å². The quantitative estimate of drug-likeness (QED) is 0.492. The lowest BCUT2D eigenvalue weighted by Gasteiger charge is -2.36. The van der Waals surface area contributed by atoms with Gasteiger partial charge in [-0.05, 0) is 36.5 Å². The van der Waals surface area contributed by atoms with Crippen LogP contribution in [0.3, 0.4) is 0 Å². The van der Waals surface area contributed by atoms with Gasteiger partial charge in [-0.2, -0.15) is 0 Å². The molecule has 0 aliphatic carbocycles. The molecule has 0 fully saturated rings. The molecule has 1 nitrogen and oxygen atoms in total. The summed E-state index contributed by atoms with van der Waals surface area (Å²) in [4.78, 5) is 0. The van der Waals surface area contributed by atoms with Gasteiger partial charge in [-0.1, -0.05) is 63.3 Å². The summed E-state index contributed by atoms with van der Waals surface area (Å²) in [5.74, 6) is 0. The minimum atomic E-state index is -1.55. The SMILES string of the molecule is CC(C)(C)[Si](C)(C)OCCCC=Cc1ccccc1. The molecule has 0 aliphatic heterocycles. The van der Waals surface area contributed by atoms with E-state index in [4.69, 9.17) is 4.43 Å². The molecule has 1 aromatic rings. The predicted octanol–water partition coefficient (Wildman–Crippen LogP) is 5.50. The second kappa shape index (κ2) is 7.06. The fourth-order valence-corrected chi connectivity index (χ4v) is 2.62. The van der Waals surface area contributed by atoms with Crippen molar-refractivity contribution in [1.82, 2.24) is 0 Å². The highest BCUT2D eigenvalue weighted by molar-refractivity contribution is 6.74. The van der Waals surface area contributed by atoms with Crippen molar-refractivity contribution in [3.8, 4) is 0 Å². The Hall–Kier alpha value is -0.863. The fraction of sp³-hybridized carbons (Fsp3) is 0.529. The Kier molecular flexibility index (Phi) is 6.02. The van der Waals surface area contributed by atoms with Crippen LogP contribution in [0.15, 0.2) is 36.4 Å². The largest absolute Gasteiger partial charge is 0.417 e. The molecule has 0 N–H and O–H groups in total. The van der Waals surface area contributed by atoms with Crippen LogP contribution in [0.25, 0.3) is 6.08 Å². The zero-order chi connectivity index (χ0) is 14.4. The van der Waals surface area contributed by atoms with Crippen LogP contribution >= 0.6 is 0 Å². The first kappa shape index (κ1) is 16.2. The van der Waals surface area contributed by atoms with Gasteiger partial charge < -0.3 is 4.43 Å². The Labute approximate surface area is 119 Å². The van der Waals surface area contributed by atoms with Crippen molar-refractivity contribution in [3.05, 3.63) is 42.0 Å². The van der Waals surface area contributed by atoms with Gasteiger partial charge in [0.05, 0.1) is 0 Å². The molecule has 0 atom stereocenters. The Morgan fingerprint density at radius 2 is 1.74 bits per heavy atom. The van der Waals surface area contributed by atoms with Crippen molar-refractivity contribution >= 4 is 14.4 Å². The maximum atomic E-state index is 6.15. The molecule has 0 heterocycles. The highest BCUT2D eigenvalue weighted by Crippen LogP contribution is 2.36. The van der Waals surface area contributed by atoms with Gasteiger partial charge in [-0.25, -0.2) is 0 Å². The normalized spacial score (nSPS) is 13.1. The summed E-state index contributed by atoms with van der Waals surface area (Å²) in [7, 11) is -1.55. The molecule has 0 amide bonds. The Bertz CT molecular complexity index is 387. The smallest absolute Gasteiger partial charge is 0.191 e. The van der Waals surface area contributed by atoms with E-state index in [1.807, 2.05) is 6.07 Å². The number of rotatable bonds is 6. The maximum absolute atomic E-state index is 6.15. The third-order valence-electron chi connectivity index (χ3n) is 3.89. The van der Waals surface area contributed by atoms with Crippen molar-refractivity contribution in [2.24, 2.45) is 0 Å². The van der Waals surface area contributed by atoms with Crippen LogP contribution in [-0.2, 0) is 4.43 Å². The lowest BCUT2D eigenvalue weighted by Crippen LogP contribution is -2.40. The first-order chi connectivity index (χ1) is 8.83. The maximum Gasteiger partial charge on any atom is 0.191 e. The second-order valence-electron chi connectivity index (χ2n) is 6.56. The lowest BCUT2D eigenvalue weighted by atomic mass is 10.2. The van der Waals surface area contributed by atoms with Gasteiger partial charge >= 0.3 is 0 Å². The summed E-state index contributed by atoms with van der Waals surface area (Å²) in [6.45, 7) is 12.4. The van der Waals surface area contributed by atoms with E-state index in [0.717, 1.165) is 19.4 Å². The van der Waals surface area contributed by atoms with E-state index < -0.39 is 8.32 Å². The van der Waals surface area contributed by atoms with Crippen molar-refractivity contribution in [1.29, 1.82) is 0 Å². The molecule has 2 heteroatoms. The summed E-state index contributed by atoms with van der Waals surface area (Å²) in [6.07, 6.45) is 6.62. The van der Waals surface area contributed by atoms with E-state index in [-0.39, 0.29) is 0 Å². The van der Waals surface area contributed by atoms with Gasteiger partial charge in [0.1, 0.15) is 0 Å². The number of benzene rings is 1. The molecule has 0 unspecified atom stereocenters. The molecule has 0 saturated heterocycles. The fourth-order valence-electron chi connectivity index (χ4n) is 1.53. The first-order valence-electron chi connectivity index (χ1n) is 7.18. The molecule has 1 aromatic carbocycles. The average Bonchev–Trinajstić information content (AvgIpc) is 2.33. The highest BCUT2D eigenvalue weighted by Gasteiger charge is 2.36. The van der Waals surface area contributed by atoms with Crippen LogP contribution in [0.5, 0.6) is 0 Å². The van der Waals surface area contributed by atoms with Crippen LogP contribution in [0.2, 0.25) is 18.1 Å². The van der Waals surface area contributed by atoms with Crippen molar-refractivity contribution < 1.29 is 4.43 Å². The van der Waals surface area contributed by atoms with Crippen molar-refractivity contribution in [2.75, 3.05) is 6.61 Å². The Morgan fingerprint density at radius 1 is 1.11 bits per heavy atom. The Balaban J connectivity index is 2.24. The molecule has 0 aromatic heterocycles. The number of unbranched alkanes of at least 4 members (excludes halogenated alkanes) is 1. The van der Waals surface area contributed by atoms with Gasteiger partial charge in [0, 0.05) is 6.61 Å². The molecule has 19 heavy (non-hydrogen) atoms. The molecule has 0 spiro atoms. The van der Waals surface area contributed by atoms with Crippen molar-refractivity contribution in [3.63, 3.8) is 0 Å². The average molecular weight is 276 g/mol. The zero-order valence-electron chi connectivity index (χ0n) is 13.1. The predicted molar refractivity (Wildman–Crippen MR) is 87.9 cm³/mol. The third-order valence-corrected chi connectivity index (χ3v) is 8.43. The van der Waals surface area contributed by atoms with E-state index in [0.29, 0.717) is 5.04 Å². The number of allylic oxidation sites excluding steroid dienone is 1. The molecule has 0 saturated carbocycles.